The number of carbonyl (C=O) groups excluding carboxylic acids is 1. The number of hydrogen-bond donors (Lipinski definition) is 1. The fourth-order valence-corrected chi connectivity index (χ4v) is 2.12. The second-order valence-electron chi connectivity index (χ2n) is 3.94. The molecular weight excluding hydrogens is 349 g/mol. The molecule has 0 aromatic heterocycles. The fraction of sp³-hybridized carbons (Fsp3) is 0.0714. The van der Waals surface area contributed by atoms with Crippen LogP contribution in [0.3, 0.4) is 0 Å². The van der Waals surface area contributed by atoms with Crippen LogP contribution >= 0.6 is 39.1 Å². The van der Waals surface area contributed by atoms with Crippen molar-refractivity contribution >= 4 is 45.0 Å². The van der Waals surface area contributed by atoms with E-state index >= 15 is 0 Å². The van der Waals surface area contributed by atoms with Crippen molar-refractivity contribution < 1.29 is 4.79 Å². The van der Waals surface area contributed by atoms with Gasteiger partial charge in [-0.05, 0) is 42.0 Å². The number of hydrogen-bond acceptors (Lipinski definition) is 1. The number of carbonyl (C=O) groups is 1. The van der Waals surface area contributed by atoms with Crippen molar-refractivity contribution in [1.29, 1.82) is 0 Å². The van der Waals surface area contributed by atoms with Crippen molar-refractivity contribution in [2.24, 2.45) is 0 Å². The van der Waals surface area contributed by atoms with E-state index in [0.717, 1.165) is 10.0 Å². The summed E-state index contributed by atoms with van der Waals surface area (Å²) in [5.41, 5.74) is 1.52. The fourth-order valence-electron chi connectivity index (χ4n) is 1.54. The summed E-state index contributed by atoms with van der Waals surface area (Å²) in [6.45, 7) is 0.409. The van der Waals surface area contributed by atoms with Crippen LogP contribution in [0.4, 0.5) is 0 Å². The molecule has 1 N–H and O–H groups in total. The molecule has 0 bridgehead atoms. The predicted octanol–water partition coefficient (Wildman–Crippen LogP) is 4.69. The van der Waals surface area contributed by atoms with Gasteiger partial charge in [0.2, 0.25) is 0 Å². The van der Waals surface area contributed by atoms with Crippen molar-refractivity contribution in [2.75, 3.05) is 0 Å². The highest BCUT2D eigenvalue weighted by Crippen LogP contribution is 2.22. The first-order valence-corrected chi connectivity index (χ1v) is 7.09. The zero-order valence-corrected chi connectivity index (χ0v) is 12.9. The number of rotatable bonds is 3. The van der Waals surface area contributed by atoms with Crippen molar-refractivity contribution in [3.8, 4) is 0 Å². The second kappa shape index (κ2) is 6.42. The molecule has 2 aromatic carbocycles. The Bertz CT molecular complexity index is 599. The molecule has 2 rings (SSSR count). The van der Waals surface area contributed by atoms with Gasteiger partial charge in [-0.3, -0.25) is 4.79 Å². The third-order valence-electron chi connectivity index (χ3n) is 2.54. The summed E-state index contributed by atoms with van der Waals surface area (Å²) in [7, 11) is 0. The highest BCUT2D eigenvalue weighted by molar-refractivity contribution is 9.10. The van der Waals surface area contributed by atoms with Crippen molar-refractivity contribution in [1.82, 2.24) is 5.32 Å². The van der Waals surface area contributed by atoms with Crippen LogP contribution in [0.15, 0.2) is 46.9 Å². The average molecular weight is 359 g/mol. The van der Waals surface area contributed by atoms with Crippen LogP contribution in [-0.4, -0.2) is 5.91 Å². The van der Waals surface area contributed by atoms with Crippen LogP contribution in [0.1, 0.15) is 15.9 Å². The van der Waals surface area contributed by atoms with Crippen LogP contribution in [-0.2, 0) is 6.54 Å². The van der Waals surface area contributed by atoms with Gasteiger partial charge in [-0.1, -0.05) is 45.2 Å². The molecule has 0 atom stereocenters. The van der Waals surface area contributed by atoms with E-state index < -0.39 is 0 Å². The predicted molar refractivity (Wildman–Crippen MR) is 81.8 cm³/mol. The molecule has 2 aromatic rings. The van der Waals surface area contributed by atoms with Gasteiger partial charge < -0.3 is 5.32 Å². The summed E-state index contributed by atoms with van der Waals surface area (Å²) in [5.74, 6) is -0.126. The Morgan fingerprint density at radius 2 is 1.74 bits per heavy atom. The molecule has 0 saturated heterocycles. The van der Waals surface area contributed by atoms with Gasteiger partial charge in [0, 0.05) is 16.6 Å². The monoisotopic (exact) mass is 357 g/mol. The molecule has 0 spiro atoms. The van der Waals surface area contributed by atoms with Gasteiger partial charge in [0.15, 0.2) is 0 Å². The number of nitrogens with one attached hydrogen (secondary N) is 1. The van der Waals surface area contributed by atoms with Crippen LogP contribution in [0.5, 0.6) is 0 Å². The molecule has 19 heavy (non-hydrogen) atoms. The molecule has 0 unspecified atom stereocenters. The Balaban J connectivity index is 2.00. The van der Waals surface area contributed by atoms with Crippen LogP contribution in [0.2, 0.25) is 10.0 Å². The van der Waals surface area contributed by atoms with Crippen LogP contribution in [0.25, 0.3) is 0 Å². The van der Waals surface area contributed by atoms with E-state index in [0.29, 0.717) is 22.2 Å². The van der Waals surface area contributed by atoms with Gasteiger partial charge in [-0.15, -0.1) is 0 Å². The highest BCUT2D eigenvalue weighted by Gasteiger charge is 2.05. The van der Waals surface area contributed by atoms with E-state index in [1.54, 1.807) is 24.3 Å². The van der Waals surface area contributed by atoms with Gasteiger partial charge in [0.1, 0.15) is 0 Å². The minimum atomic E-state index is -0.126. The van der Waals surface area contributed by atoms with E-state index in [1.165, 1.54) is 0 Å². The summed E-state index contributed by atoms with van der Waals surface area (Å²) < 4.78 is 0.938. The minimum Gasteiger partial charge on any atom is -0.348 e. The summed E-state index contributed by atoms with van der Waals surface area (Å²) >= 11 is 15.1. The Morgan fingerprint density at radius 3 is 2.37 bits per heavy atom. The van der Waals surface area contributed by atoms with E-state index in [4.69, 9.17) is 23.2 Å². The van der Waals surface area contributed by atoms with Gasteiger partial charge in [0.05, 0.1) is 10.0 Å². The molecule has 0 radical (unpaired) electrons. The topological polar surface area (TPSA) is 29.1 Å². The first-order valence-electron chi connectivity index (χ1n) is 5.54. The first kappa shape index (κ1) is 14.4. The zero-order valence-electron chi connectivity index (χ0n) is 9.79. The molecule has 0 heterocycles. The molecule has 5 heteroatoms. The largest absolute Gasteiger partial charge is 0.348 e. The number of benzene rings is 2. The molecule has 0 aliphatic carbocycles. The van der Waals surface area contributed by atoms with E-state index in [2.05, 4.69) is 21.2 Å². The Morgan fingerprint density at radius 1 is 1.05 bits per heavy atom. The molecular formula is C14H10BrCl2NO. The second-order valence-corrected chi connectivity index (χ2v) is 5.67. The molecule has 2 nitrogen and oxygen atoms in total. The number of halogens is 3. The van der Waals surface area contributed by atoms with Crippen LogP contribution < -0.4 is 5.32 Å². The van der Waals surface area contributed by atoms with Gasteiger partial charge in [-0.25, -0.2) is 0 Å². The maximum Gasteiger partial charge on any atom is 0.251 e. The highest BCUT2D eigenvalue weighted by atomic mass is 79.9. The molecule has 0 saturated carbocycles. The normalized spacial score (nSPS) is 10.3. The molecule has 98 valence electrons. The summed E-state index contributed by atoms with van der Waals surface area (Å²) in [4.78, 5) is 11.9. The van der Waals surface area contributed by atoms with Gasteiger partial charge in [0.25, 0.3) is 5.91 Å². The molecule has 0 aliphatic rings. The maximum absolute atomic E-state index is 11.9. The Hall–Kier alpha value is -1.03. The summed E-state index contributed by atoms with van der Waals surface area (Å²) in [5, 5.41) is 3.81. The number of amides is 1. The average Bonchev–Trinajstić information content (AvgIpc) is 2.40. The zero-order chi connectivity index (χ0) is 13.8. The summed E-state index contributed by atoms with van der Waals surface area (Å²) in [6, 6.07) is 12.5. The van der Waals surface area contributed by atoms with Crippen LogP contribution in [0, 0.1) is 0 Å². The minimum absolute atomic E-state index is 0.126. The first-order chi connectivity index (χ1) is 9.06. The van der Waals surface area contributed by atoms with E-state index in [-0.39, 0.29) is 5.91 Å². The standard InChI is InChI=1S/C14H10BrCl2NO/c15-11-4-2-10(3-5-11)14(19)18-8-9-1-6-12(16)13(17)7-9/h1-7H,8H2,(H,18,19). The van der Waals surface area contributed by atoms with Crippen molar-refractivity contribution in [3.63, 3.8) is 0 Å². The van der Waals surface area contributed by atoms with Gasteiger partial charge >= 0.3 is 0 Å². The quantitative estimate of drug-likeness (QED) is 0.847. The lowest BCUT2D eigenvalue weighted by Crippen LogP contribution is -2.22. The SMILES string of the molecule is O=C(NCc1ccc(Cl)c(Cl)c1)c1ccc(Br)cc1. The molecule has 0 aliphatic heterocycles. The lowest BCUT2D eigenvalue weighted by atomic mass is 10.2. The summed E-state index contributed by atoms with van der Waals surface area (Å²) in [6.07, 6.45) is 0. The van der Waals surface area contributed by atoms with E-state index in [1.807, 2.05) is 18.2 Å². The van der Waals surface area contributed by atoms with E-state index in [9.17, 15) is 4.79 Å². The molecule has 1 amide bonds. The third-order valence-corrected chi connectivity index (χ3v) is 3.81. The van der Waals surface area contributed by atoms with Crippen molar-refractivity contribution in [3.05, 3.63) is 68.1 Å². The van der Waals surface area contributed by atoms with Gasteiger partial charge in [-0.2, -0.15) is 0 Å². The Kier molecular flexibility index (Phi) is 4.86. The third kappa shape index (κ3) is 3.96. The van der Waals surface area contributed by atoms with Crippen molar-refractivity contribution in [2.45, 2.75) is 6.54 Å². The lowest BCUT2D eigenvalue weighted by molar-refractivity contribution is 0.0951. The maximum atomic E-state index is 11.9. The lowest BCUT2D eigenvalue weighted by Gasteiger charge is -2.06. The molecule has 0 fully saturated rings. The smallest absolute Gasteiger partial charge is 0.251 e. The Labute approximate surface area is 129 Å².